The maximum atomic E-state index is 5.27. The average molecular weight is 287 g/mol. The zero-order valence-corrected chi connectivity index (χ0v) is 12.1. The van der Waals surface area contributed by atoms with Crippen molar-refractivity contribution in [2.75, 3.05) is 12.4 Å². The molecule has 20 heavy (non-hydrogen) atoms. The van der Waals surface area contributed by atoms with Gasteiger partial charge in [-0.25, -0.2) is 0 Å². The zero-order chi connectivity index (χ0) is 13.9. The molecule has 104 valence electrons. The summed E-state index contributed by atoms with van der Waals surface area (Å²) in [4.78, 5) is 0. The molecule has 3 rings (SSSR count). The lowest BCUT2D eigenvalue weighted by atomic mass is 9.74. The Morgan fingerprint density at radius 2 is 2.25 bits per heavy atom. The maximum Gasteiger partial charge on any atom is 0.191 e. The molecular formula is C15H17N3OS. The molecule has 1 fully saturated rings. The molecule has 1 saturated carbocycles. The summed E-state index contributed by atoms with van der Waals surface area (Å²) in [5.41, 5.74) is 4.97. The van der Waals surface area contributed by atoms with Crippen molar-refractivity contribution in [1.82, 2.24) is 5.43 Å². The lowest BCUT2D eigenvalue weighted by Gasteiger charge is -2.31. The molecule has 0 bridgehead atoms. The lowest BCUT2D eigenvalue weighted by Crippen LogP contribution is -2.36. The number of fused-ring (bicyclic) bond motifs is 1. The number of nitrogens with one attached hydrogen (secondary N) is 2. The number of allylic oxidation sites excluding steroid dienone is 2. The fraction of sp³-hybridized carbons (Fsp3) is 0.333. The van der Waals surface area contributed by atoms with E-state index in [1.54, 1.807) is 7.11 Å². The van der Waals surface area contributed by atoms with Gasteiger partial charge in [0.25, 0.3) is 0 Å². The third-order valence-electron chi connectivity index (χ3n) is 3.82. The number of methoxy groups -OCH3 is 1. The second-order valence-electron chi connectivity index (χ2n) is 5.01. The molecular weight excluding hydrogens is 270 g/mol. The molecule has 1 aromatic carbocycles. The first kappa shape index (κ1) is 13.1. The van der Waals surface area contributed by atoms with Crippen molar-refractivity contribution in [3.63, 3.8) is 0 Å². The van der Waals surface area contributed by atoms with Gasteiger partial charge in [-0.3, -0.25) is 5.43 Å². The standard InChI is InChI=1S/C15H17N3OS/c1-19-14-8-3-2-7-12(14)16-15(20)18-17-13-9-10-5-4-6-11(10)13/h2-5,7-8,10-11H,6,9H2,1H3,(H2,16,18,20)/b17-13+. The summed E-state index contributed by atoms with van der Waals surface area (Å²) in [5.74, 6) is 2.05. The summed E-state index contributed by atoms with van der Waals surface area (Å²) in [7, 11) is 1.64. The highest BCUT2D eigenvalue weighted by Gasteiger charge is 2.37. The molecule has 0 heterocycles. The highest BCUT2D eigenvalue weighted by Crippen LogP contribution is 2.40. The van der Waals surface area contributed by atoms with Crippen LogP contribution in [0.5, 0.6) is 5.75 Å². The normalized spacial score (nSPS) is 24.9. The molecule has 0 aromatic heterocycles. The molecule has 2 aliphatic rings. The Labute approximate surface area is 123 Å². The van der Waals surface area contributed by atoms with Crippen LogP contribution in [-0.4, -0.2) is 17.9 Å². The van der Waals surface area contributed by atoms with Gasteiger partial charge in [0.15, 0.2) is 5.11 Å². The number of hydrazone groups is 1. The summed E-state index contributed by atoms with van der Waals surface area (Å²) in [6.45, 7) is 0. The Hall–Kier alpha value is -1.88. The van der Waals surface area contributed by atoms with Crippen LogP contribution in [0.25, 0.3) is 0 Å². The second-order valence-corrected chi connectivity index (χ2v) is 5.42. The molecule has 1 aromatic rings. The van der Waals surface area contributed by atoms with Gasteiger partial charge < -0.3 is 10.1 Å². The number of hydrogen-bond acceptors (Lipinski definition) is 3. The molecule has 0 amide bonds. The van der Waals surface area contributed by atoms with E-state index in [0.717, 1.165) is 24.3 Å². The zero-order valence-electron chi connectivity index (χ0n) is 11.3. The molecule has 2 aliphatic carbocycles. The minimum atomic E-state index is 0.483. The fourth-order valence-electron chi connectivity index (χ4n) is 2.68. The molecule has 0 spiro atoms. The SMILES string of the molecule is COc1ccccc1NC(=S)N/N=C1\CC2C=CCC12. The van der Waals surface area contributed by atoms with Gasteiger partial charge in [0.2, 0.25) is 0 Å². The first-order valence-corrected chi connectivity index (χ1v) is 7.12. The Morgan fingerprint density at radius 1 is 1.40 bits per heavy atom. The van der Waals surface area contributed by atoms with Crippen LogP contribution in [-0.2, 0) is 0 Å². The topological polar surface area (TPSA) is 45.6 Å². The number of rotatable bonds is 3. The van der Waals surface area contributed by atoms with E-state index in [2.05, 4.69) is 28.0 Å². The van der Waals surface area contributed by atoms with Gasteiger partial charge in [-0.1, -0.05) is 24.3 Å². The first-order valence-electron chi connectivity index (χ1n) is 6.71. The quantitative estimate of drug-likeness (QED) is 0.510. The predicted molar refractivity (Wildman–Crippen MR) is 85.1 cm³/mol. The van der Waals surface area contributed by atoms with Gasteiger partial charge in [-0.05, 0) is 43.1 Å². The van der Waals surface area contributed by atoms with E-state index in [9.17, 15) is 0 Å². The van der Waals surface area contributed by atoms with Crippen LogP contribution in [0.4, 0.5) is 5.69 Å². The van der Waals surface area contributed by atoms with Crippen LogP contribution in [0.2, 0.25) is 0 Å². The average Bonchev–Trinajstić information content (AvgIpc) is 2.81. The van der Waals surface area contributed by atoms with E-state index < -0.39 is 0 Å². The van der Waals surface area contributed by atoms with Crippen molar-refractivity contribution in [2.24, 2.45) is 16.9 Å². The van der Waals surface area contributed by atoms with E-state index in [4.69, 9.17) is 17.0 Å². The van der Waals surface area contributed by atoms with Crippen LogP contribution in [0.15, 0.2) is 41.5 Å². The minimum Gasteiger partial charge on any atom is -0.495 e. The smallest absolute Gasteiger partial charge is 0.191 e. The van der Waals surface area contributed by atoms with Gasteiger partial charge >= 0.3 is 0 Å². The van der Waals surface area contributed by atoms with Crippen molar-refractivity contribution < 1.29 is 4.74 Å². The number of hydrogen-bond donors (Lipinski definition) is 2. The third kappa shape index (κ3) is 2.54. The predicted octanol–water partition coefficient (Wildman–Crippen LogP) is 2.93. The van der Waals surface area contributed by atoms with Gasteiger partial charge in [0.05, 0.1) is 12.8 Å². The maximum absolute atomic E-state index is 5.27. The summed E-state index contributed by atoms with van der Waals surface area (Å²) < 4.78 is 5.27. The van der Waals surface area contributed by atoms with E-state index in [1.807, 2.05) is 24.3 Å². The third-order valence-corrected chi connectivity index (χ3v) is 4.01. The number of anilines is 1. The molecule has 2 unspecified atom stereocenters. The minimum absolute atomic E-state index is 0.483. The molecule has 4 nitrogen and oxygen atoms in total. The van der Waals surface area contributed by atoms with E-state index in [0.29, 0.717) is 16.9 Å². The van der Waals surface area contributed by atoms with Crippen LogP contribution in [0.3, 0.4) is 0 Å². The highest BCUT2D eigenvalue weighted by atomic mass is 32.1. The van der Waals surface area contributed by atoms with Crippen LogP contribution >= 0.6 is 12.2 Å². The Kier molecular flexibility index (Phi) is 3.69. The van der Waals surface area contributed by atoms with E-state index in [1.165, 1.54) is 5.71 Å². The first-order chi connectivity index (χ1) is 9.78. The fourth-order valence-corrected chi connectivity index (χ4v) is 2.84. The Bertz CT molecular complexity index is 582. The largest absolute Gasteiger partial charge is 0.495 e. The van der Waals surface area contributed by atoms with Gasteiger partial charge in [0.1, 0.15) is 5.75 Å². The van der Waals surface area contributed by atoms with E-state index >= 15 is 0 Å². The van der Waals surface area contributed by atoms with E-state index in [-0.39, 0.29) is 0 Å². The molecule has 2 atom stereocenters. The van der Waals surface area contributed by atoms with Crippen LogP contribution < -0.4 is 15.5 Å². The van der Waals surface area contributed by atoms with Crippen molar-refractivity contribution in [3.05, 3.63) is 36.4 Å². The summed E-state index contributed by atoms with van der Waals surface area (Å²) in [6.07, 6.45) is 6.68. The van der Waals surface area contributed by atoms with Crippen molar-refractivity contribution in [1.29, 1.82) is 0 Å². The van der Waals surface area contributed by atoms with Crippen LogP contribution in [0.1, 0.15) is 12.8 Å². The van der Waals surface area contributed by atoms with Crippen molar-refractivity contribution >= 4 is 28.7 Å². The summed E-state index contributed by atoms with van der Waals surface area (Å²) in [5, 5.41) is 7.99. The van der Waals surface area contributed by atoms with Gasteiger partial charge in [0, 0.05) is 11.6 Å². The summed E-state index contributed by atoms with van der Waals surface area (Å²) in [6, 6.07) is 7.65. The Morgan fingerprint density at radius 3 is 3.05 bits per heavy atom. The molecule has 0 radical (unpaired) electrons. The number of thiocarbonyl (C=S) groups is 1. The van der Waals surface area contributed by atoms with Gasteiger partial charge in [-0.2, -0.15) is 5.10 Å². The molecule has 0 aliphatic heterocycles. The van der Waals surface area contributed by atoms with Gasteiger partial charge in [-0.15, -0.1) is 0 Å². The number of para-hydroxylation sites is 2. The molecule has 0 saturated heterocycles. The molecule has 5 heteroatoms. The number of nitrogens with zero attached hydrogens (tertiary/aromatic N) is 1. The second kappa shape index (κ2) is 5.63. The Balaban J connectivity index is 1.56. The number of ether oxygens (including phenoxy) is 1. The molecule has 2 N–H and O–H groups in total. The number of benzene rings is 1. The van der Waals surface area contributed by atoms with Crippen molar-refractivity contribution in [2.45, 2.75) is 12.8 Å². The monoisotopic (exact) mass is 287 g/mol. The highest BCUT2D eigenvalue weighted by molar-refractivity contribution is 7.80. The lowest BCUT2D eigenvalue weighted by molar-refractivity contribution is 0.417. The summed E-state index contributed by atoms with van der Waals surface area (Å²) >= 11 is 5.25. The van der Waals surface area contributed by atoms with Crippen molar-refractivity contribution in [3.8, 4) is 5.75 Å². The van der Waals surface area contributed by atoms with Crippen LogP contribution in [0, 0.1) is 11.8 Å².